The highest BCUT2D eigenvalue weighted by Gasteiger charge is 2.14. The van der Waals surface area contributed by atoms with Gasteiger partial charge in [-0.2, -0.15) is 5.10 Å². The van der Waals surface area contributed by atoms with Crippen molar-refractivity contribution in [3.63, 3.8) is 0 Å². The molecule has 1 aliphatic heterocycles. The molecule has 2 N–H and O–H groups in total. The standard InChI is InChI=1S/C17H23N5O3S/c1-14-2-4-16(5-3-14)26(23,24)20-7-6-18-17-12-15(13-19-21-17)22-8-10-25-11-9-22/h2-5,12-13,20H,6-11H2,1H3,(H,18,21). The Bertz CT molecular complexity index is 821. The van der Waals surface area contributed by atoms with Gasteiger partial charge >= 0.3 is 0 Å². The molecule has 3 rings (SSSR count). The minimum absolute atomic E-state index is 0.250. The van der Waals surface area contributed by atoms with Crippen LogP contribution >= 0.6 is 0 Å². The molecule has 1 fully saturated rings. The number of rotatable bonds is 7. The van der Waals surface area contributed by atoms with Crippen molar-refractivity contribution in [1.29, 1.82) is 0 Å². The van der Waals surface area contributed by atoms with E-state index in [1.165, 1.54) is 0 Å². The van der Waals surface area contributed by atoms with E-state index in [1.54, 1.807) is 30.5 Å². The van der Waals surface area contributed by atoms with Crippen LogP contribution in [-0.2, 0) is 14.8 Å². The number of aryl methyl sites for hydroxylation is 1. The summed E-state index contributed by atoms with van der Waals surface area (Å²) in [7, 11) is -3.50. The van der Waals surface area contributed by atoms with Gasteiger partial charge in [-0.05, 0) is 19.1 Å². The summed E-state index contributed by atoms with van der Waals surface area (Å²) in [6, 6.07) is 8.66. The smallest absolute Gasteiger partial charge is 0.240 e. The summed E-state index contributed by atoms with van der Waals surface area (Å²) in [6.07, 6.45) is 1.72. The summed E-state index contributed by atoms with van der Waals surface area (Å²) in [4.78, 5) is 2.45. The van der Waals surface area contributed by atoms with Crippen molar-refractivity contribution in [2.45, 2.75) is 11.8 Å². The first-order valence-electron chi connectivity index (χ1n) is 8.50. The Labute approximate surface area is 153 Å². The summed E-state index contributed by atoms with van der Waals surface area (Å²) < 4.78 is 32.4. The predicted molar refractivity (Wildman–Crippen MR) is 99.9 cm³/mol. The molecule has 1 aromatic heterocycles. The zero-order valence-corrected chi connectivity index (χ0v) is 15.5. The summed E-state index contributed by atoms with van der Waals surface area (Å²) in [5, 5.41) is 11.1. The molecule has 1 saturated heterocycles. The maximum Gasteiger partial charge on any atom is 0.240 e. The second kappa shape index (κ2) is 8.43. The van der Waals surface area contributed by atoms with Crippen molar-refractivity contribution >= 4 is 21.5 Å². The number of morpholine rings is 1. The van der Waals surface area contributed by atoms with Crippen LogP contribution in [0.2, 0.25) is 0 Å². The first kappa shape index (κ1) is 18.6. The molecule has 0 amide bonds. The highest BCUT2D eigenvalue weighted by molar-refractivity contribution is 7.89. The Hall–Kier alpha value is -2.23. The molecule has 0 saturated carbocycles. The van der Waals surface area contributed by atoms with Gasteiger partial charge in [0.25, 0.3) is 0 Å². The lowest BCUT2D eigenvalue weighted by Crippen LogP contribution is -2.36. The van der Waals surface area contributed by atoms with Crippen LogP contribution in [0.5, 0.6) is 0 Å². The van der Waals surface area contributed by atoms with Gasteiger partial charge in [-0.25, -0.2) is 13.1 Å². The molecule has 140 valence electrons. The lowest BCUT2D eigenvalue weighted by molar-refractivity contribution is 0.122. The van der Waals surface area contributed by atoms with Gasteiger partial charge in [-0.15, -0.1) is 5.10 Å². The van der Waals surface area contributed by atoms with E-state index in [0.29, 0.717) is 25.6 Å². The second-order valence-corrected chi connectivity index (χ2v) is 7.80. The number of benzene rings is 1. The fourth-order valence-electron chi connectivity index (χ4n) is 2.61. The highest BCUT2D eigenvalue weighted by Crippen LogP contribution is 2.17. The molecule has 2 heterocycles. The zero-order valence-electron chi connectivity index (χ0n) is 14.7. The SMILES string of the molecule is Cc1ccc(S(=O)(=O)NCCNc2cc(N3CCOCC3)cnn2)cc1. The molecular formula is C17H23N5O3S. The molecule has 8 nitrogen and oxygen atoms in total. The van der Waals surface area contributed by atoms with Crippen molar-refractivity contribution in [3.05, 3.63) is 42.1 Å². The van der Waals surface area contributed by atoms with E-state index >= 15 is 0 Å². The Morgan fingerprint density at radius 3 is 2.62 bits per heavy atom. The zero-order chi connectivity index (χ0) is 18.4. The summed E-state index contributed by atoms with van der Waals surface area (Å²) in [6.45, 7) is 5.62. The van der Waals surface area contributed by atoms with Crippen LogP contribution in [0.3, 0.4) is 0 Å². The van der Waals surface area contributed by atoms with Gasteiger partial charge in [-0.1, -0.05) is 17.7 Å². The number of aromatic nitrogens is 2. The molecule has 1 aliphatic rings. The number of hydrogen-bond donors (Lipinski definition) is 2. The summed E-state index contributed by atoms with van der Waals surface area (Å²) in [5.74, 6) is 0.614. The minimum atomic E-state index is -3.50. The van der Waals surface area contributed by atoms with Gasteiger partial charge in [0.05, 0.1) is 30.0 Å². The van der Waals surface area contributed by atoms with E-state index in [4.69, 9.17) is 4.74 Å². The van der Waals surface area contributed by atoms with Crippen molar-refractivity contribution in [2.24, 2.45) is 0 Å². The van der Waals surface area contributed by atoms with Crippen molar-refractivity contribution < 1.29 is 13.2 Å². The maximum atomic E-state index is 12.2. The highest BCUT2D eigenvalue weighted by atomic mass is 32.2. The monoisotopic (exact) mass is 377 g/mol. The van der Waals surface area contributed by atoms with Gasteiger partial charge in [0.15, 0.2) is 5.82 Å². The third-order valence-electron chi connectivity index (χ3n) is 4.07. The summed E-state index contributed by atoms with van der Waals surface area (Å²) >= 11 is 0. The molecule has 0 radical (unpaired) electrons. The molecule has 2 aromatic rings. The van der Waals surface area contributed by atoms with Crippen LogP contribution in [0.1, 0.15) is 5.56 Å². The molecule has 9 heteroatoms. The van der Waals surface area contributed by atoms with E-state index in [9.17, 15) is 8.42 Å². The Kier molecular flexibility index (Phi) is 6.02. The lowest BCUT2D eigenvalue weighted by atomic mass is 10.2. The van der Waals surface area contributed by atoms with Crippen LogP contribution in [0.4, 0.5) is 11.5 Å². The van der Waals surface area contributed by atoms with Gasteiger partial charge in [0.1, 0.15) is 0 Å². The largest absolute Gasteiger partial charge is 0.378 e. The number of ether oxygens (including phenoxy) is 1. The molecule has 1 aromatic carbocycles. The van der Waals surface area contributed by atoms with E-state index < -0.39 is 10.0 Å². The normalized spacial score (nSPS) is 15.0. The van der Waals surface area contributed by atoms with Crippen LogP contribution in [0.25, 0.3) is 0 Å². The third-order valence-corrected chi connectivity index (χ3v) is 5.55. The summed E-state index contributed by atoms with van der Waals surface area (Å²) in [5.41, 5.74) is 2.00. The van der Waals surface area contributed by atoms with E-state index in [1.807, 2.05) is 13.0 Å². The molecule has 0 spiro atoms. The van der Waals surface area contributed by atoms with Gasteiger partial charge in [0, 0.05) is 32.2 Å². The van der Waals surface area contributed by atoms with Crippen molar-refractivity contribution in [3.8, 4) is 0 Å². The minimum Gasteiger partial charge on any atom is -0.378 e. The molecule has 0 aliphatic carbocycles. The third kappa shape index (κ3) is 4.90. The quantitative estimate of drug-likeness (QED) is 0.695. The second-order valence-electron chi connectivity index (χ2n) is 6.04. The van der Waals surface area contributed by atoms with Crippen LogP contribution in [-0.4, -0.2) is 58.0 Å². The Morgan fingerprint density at radius 1 is 1.15 bits per heavy atom. The van der Waals surface area contributed by atoms with Gasteiger partial charge in [-0.3, -0.25) is 0 Å². The number of sulfonamides is 1. The first-order chi connectivity index (χ1) is 12.5. The predicted octanol–water partition coefficient (Wildman–Crippen LogP) is 1.01. The number of anilines is 2. The molecular weight excluding hydrogens is 354 g/mol. The number of nitrogens with zero attached hydrogens (tertiary/aromatic N) is 3. The van der Waals surface area contributed by atoms with Crippen LogP contribution in [0, 0.1) is 6.92 Å². The number of nitrogens with one attached hydrogen (secondary N) is 2. The fraction of sp³-hybridized carbons (Fsp3) is 0.412. The first-order valence-corrected chi connectivity index (χ1v) is 9.98. The molecule has 0 bridgehead atoms. The van der Waals surface area contributed by atoms with Crippen molar-refractivity contribution in [2.75, 3.05) is 49.6 Å². The number of hydrogen-bond acceptors (Lipinski definition) is 7. The average Bonchev–Trinajstić information content (AvgIpc) is 2.67. The topological polar surface area (TPSA) is 96.5 Å². The maximum absolute atomic E-state index is 12.2. The lowest BCUT2D eigenvalue weighted by Gasteiger charge is -2.28. The fourth-order valence-corrected chi connectivity index (χ4v) is 3.65. The van der Waals surface area contributed by atoms with E-state index in [2.05, 4.69) is 25.1 Å². The average molecular weight is 377 g/mol. The van der Waals surface area contributed by atoms with E-state index in [0.717, 1.165) is 24.3 Å². The molecule has 26 heavy (non-hydrogen) atoms. The van der Waals surface area contributed by atoms with E-state index in [-0.39, 0.29) is 11.4 Å². The molecule has 0 atom stereocenters. The Balaban J connectivity index is 1.51. The van der Waals surface area contributed by atoms with Crippen LogP contribution in [0.15, 0.2) is 41.4 Å². The van der Waals surface area contributed by atoms with Gasteiger partial charge < -0.3 is 15.0 Å². The Morgan fingerprint density at radius 2 is 1.88 bits per heavy atom. The van der Waals surface area contributed by atoms with Crippen LogP contribution < -0.4 is 14.9 Å². The van der Waals surface area contributed by atoms with Crippen molar-refractivity contribution in [1.82, 2.24) is 14.9 Å². The molecule has 0 unspecified atom stereocenters. The van der Waals surface area contributed by atoms with Gasteiger partial charge in [0.2, 0.25) is 10.0 Å².